The maximum absolute atomic E-state index is 12.1. The summed E-state index contributed by atoms with van der Waals surface area (Å²) in [5.74, 6) is -0.645. The summed E-state index contributed by atoms with van der Waals surface area (Å²) in [5, 5.41) is -0.504. The molecule has 22 heavy (non-hydrogen) atoms. The van der Waals surface area contributed by atoms with E-state index in [-0.39, 0.29) is 16.5 Å². The van der Waals surface area contributed by atoms with Crippen LogP contribution >= 0.6 is 11.6 Å². The molecule has 0 unspecified atom stereocenters. The smallest absolute Gasteiger partial charge is 0.364 e. The van der Waals surface area contributed by atoms with Gasteiger partial charge in [-0.2, -0.15) is 0 Å². The molecule has 0 aliphatic carbocycles. The number of carbonyl (C=O) groups is 1. The van der Waals surface area contributed by atoms with Crippen LogP contribution in [0.2, 0.25) is 5.02 Å². The molecule has 1 aromatic heterocycles. The fourth-order valence-electron chi connectivity index (χ4n) is 1.65. The van der Waals surface area contributed by atoms with Crippen LogP contribution in [-0.2, 0) is 9.84 Å². The maximum atomic E-state index is 12.1. The number of aromatic nitrogens is 2. The molecule has 0 atom stereocenters. The van der Waals surface area contributed by atoms with E-state index in [9.17, 15) is 13.2 Å². The van der Waals surface area contributed by atoms with E-state index in [4.69, 9.17) is 16.3 Å². The summed E-state index contributed by atoms with van der Waals surface area (Å²) >= 11 is 5.86. The molecule has 0 saturated heterocycles. The first kappa shape index (κ1) is 16.4. The number of para-hydroxylation sites is 1. The Labute approximate surface area is 133 Å². The van der Waals surface area contributed by atoms with E-state index in [0.29, 0.717) is 12.2 Å². The lowest BCUT2D eigenvalue weighted by Gasteiger charge is -2.07. The van der Waals surface area contributed by atoms with Crippen molar-refractivity contribution in [3.8, 4) is 5.75 Å². The van der Waals surface area contributed by atoms with Crippen molar-refractivity contribution in [2.24, 2.45) is 0 Å². The molecule has 0 spiro atoms. The first-order valence-electron chi connectivity index (χ1n) is 6.46. The summed E-state index contributed by atoms with van der Waals surface area (Å²) in [6, 6.07) is 8.33. The van der Waals surface area contributed by atoms with Gasteiger partial charge >= 0.3 is 5.97 Å². The zero-order valence-electron chi connectivity index (χ0n) is 11.7. The van der Waals surface area contributed by atoms with E-state index in [1.165, 1.54) is 0 Å². The second kappa shape index (κ2) is 6.85. The van der Waals surface area contributed by atoms with Crippen molar-refractivity contribution in [1.82, 2.24) is 9.97 Å². The number of halogens is 1. The largest absolute Gasteiger partial charge is 0.422 e. The third-order valence-corrected chi connectivity index (χ3v) is 4.60. The van der Waals surface area contributed by atoms with Crippen LogP contribution in [-0.4, -0.2) is 30.1 Å². The Morgan fingerprint density at radius 3 is 2.59 bits per heavy atom. The van der Waals surface area contributed by atoms with Gasteiger partial charge in [0.1, 0.15) is 5.75 Å². The molecule has 6 nitrogen and oxygen atoms in total. The van der Waals surface area contributed by atoms with Crippen molar-refractivity contribution in [3.05, 3.63) is 47.2 Å². The highest BCUT2D eigenvalue weighted by Crippen LogP contribution is 2.18. The summed E-state index contributed by atoms with van der Waals surface area (Å²) in [5.41, 5.74) is -0.282. The van der Waals surface area contributed by atoms with Crippen LogP contribution in [0.3, 0.4) is 0 Å². The second-order valence-electron chi connectivity index (χ2n) is 4.37. The van der Waals surface area contributed by atoms with Crippen LogP contribution in [0.15, 0.2) is 41.7 Å². The van der Waals surface area contributed by atoms with Gasteiger partial charge in [-0.05, 0) is 18.6 Å². The molecule has 0 amide bonds. The standard InChI is InChI=1S/C14H13ClN2O4S/c1-2-8-22(19,20)14-16-9-11(15)12(17-14)13(18)21-10-6-4-3-5-7-10/h3-7,9H,2,8H2,1H3. The zero-order chi connectivity index (χ0) is 16.2. The summed E-state index contributed by atoms with van der Waals surface area (Å²) in [6.07, 6.45) is 1.50. The van der Waals surface area contributed by atoms with Crippen LogP contribution in [0.4, 0.5) is 0 Å². The monoisotopic (exact) mass is 340 g/mol. The second-order valence-corrected chi connectivity index (χ2v) is 6.78. The molecule has 116 valence electrons. The maximum Gasteiger partial charge on any atom is 0.364 e. The van der Waals surface area contributed by atoms with E-state index >= 15 is 0 Å². The van der Waals surface area contributed by atoms with Gasteiger partial charge in [0.15, 0.2) is 5.69 Å². The van der Waals surface area contributed by atoms with Gasteiger partial charge in [0, 0.05) is 0 Å². The molecule has 0 radical (unpaired) electrons. The van der Waals surface area contributed by atoms with Crippen molar-refractivity contribution >= 4 is 27.4 Å². The molecule has 0 aliphatic heterocycles. The molecule has 0 saturated carbocycles. The molecule has 2 rings (SSSR count). The number of nitrogens with zero attached hydrogens (tertiary/aromatic N) is 2. The normalized spacial score (nSPS) is 11.2. The Hall–Kier alpha value is -1.99. The van der Waals surface area contributed by atoms with Gasteiger partial charge in [-0.3, -0.25) is 0 Å². The zero-order valence-corrected chi connectivity index (χ0v) is 13.3. The van der Waals surface area contributed by atoms with Crippen molar-refractivity contribution < 1.29 is 17.9 Å². The molecular weight excluding hydrogens is 328 g/mol. The molecule has 1 aromatic carbocycles. The van der Waals surface area contributed by atoms with Gasteiger partial charge in [0.2, 0.25) is 15.0 Å². The van der Waals surface area contributed by atoms with E-state index in [0.717, 1.165) is 6.20 Å². The highest BCUT2D eigenvalue weighted by molar-refractivity contribution is 7.91. The summed E-state index contributed by atoms with van der Waals surface area (Å²) in [6.45, 7) is 1.72. The number of carbonyl (C=O) groups excluding carboxylic acids is 1. The molecule has 1 heterocycles. The fraction of sp³-hybridized carbons (Fsp3) is 0.214. The average molecular weight is 341 g/mol. The van der Waals surface area contributed by atoms with Gasteiger partial charge in [0.25, 0.3) is 0 Å². The van der Waals surface area contributed by atoms with Crippen LogP contribution in [0, 0.1) is 0 Å². The Balaban J connectivity index is 2.33. The SMILES string of the molecule is CCCS(=O)(=O)c1ncc(Cl)c(C(=O)Oc2ccccc2)n1. The van der Waals surface area contributed by atoms with Gasteiger partial charge in [-0.1, -0.05) is 36.7 Å². The third-order valence-electron chi connectivity index (χ3n) is 2.62. The molecular formula is C14H13ClN2O4S. The number of hydrogen-bond donors (Lipinski definition) is 0. The van der Waals surface area contributed by atoms with Crippen molar-refractivity contribution in [3.63, 3.8) is 0 Å². The molecule has 0 N–H and O–H groups in total. The predicted octanol–water partition coefficient (Wildman–Crippen LogP) is 2.53. The van der Waals surface area contributed by atoms with Crippen molar-refractivity contribution in [1.29, 1.82) is 0 Å². The van der Waals surface area contributed by atoms with Gasteiger partial charge in [-0.15, -0.1) is 0 Å². The first-order valence-corrected chi connectivity index (χ1v) is 8.49. The first-order chi connectivity index (χ1) is 10.4. The van der Waals surface area contributed by atoms with E-state index < -0.39 is 21.0 Å². The summed E-state index contributed by atoms with van der Waals surface area (Å²) in [4.78, 5) is 19.5. The predicted molar refractivity (Wildman–Crippen MR) is 80.8 cm³/mol. The highest BCUT2D eigenvalue weighted by Gasteiger charge is 2.22. The van der Waals surface area contributed by atoms with Crippen LogP contribution < -0.4 is 4.74 Å². The van der Waals surface area contributed by atoms with E-state index in [2.05, 4.69) is 9.97 Å². The molecule has 8 heteroatoms. The topological polar surface area (TPSA) is 86.2 Å². The lowest BCUT2D eigenvalue weighted by molar-refractivity contribution is 0.0727. The number of esters is 1. The number of rotatable bonds is 5. The van der Waals surface area contributed by atoms with Gasteiger partial charge < -0.3 is 4.74 Å². The Kier molecular flexibility index (Phi) is 5.10. The number of hydrogen-bond acceptors (Lipinski definition) is 6. The Bertz CT molecular complexity index is 779. The van der Waals surface area contributed by atoms with E-state index in [1.807, 2.05) is 0 Å². The third kappa shape index (κ3) is 3.80. The molecule has 2 aromatic rings. The summed E-state index contributed by atoms with van der Waals surface area (Å²) in [7, 11) is -3.64. The fourth-order valence-corrected chi connectivity index (χ4v) is 2.98. The van der Waals surface area contributed by atoms with Gasteiger partial charge in [-0.25, -0.2) is 23.2 Å². The van der Waals surface area contributed by atoms with E-state index in [1.54, 1.807) is 37.3 Å². The molecule has 0 fully saturated rings. The number of benzene rings is 1. The molecule has 0 aliphatic rings. The number of sulfone groups is 1. The van der Waals surface area contributed by atoms with Crippen LogP contribution in [0.25, 0.3) is 0 Å². The quantitative estimate of drug-likeness (QED) is 0.472. The van der Waals surface area contributed by atoms with Crippen molar-refractivity contribution in [2.45, 2.75) is 18.5 Å². The molecule has 0 bridgehead atoms. The van der Waals surface area contributed by atoms with Crippen molar-refractivity contribution in [2.75, 3.05) is 5.75 Å². The minimum atomic E-state index is -3.64. The number of ether oxygens (including phenoxy) is 1. The minimum absolute atomic E-state index is 0.0728. The highest BCUT2D eigenvalue weighted by atomic mass is 35.5. The van der Waals surface area contributed by atoms with Crippen LogP contribution in [0.5, 0.6) is 5.75 Å². The van der Waals surface area contributed by atoms with Crippen LogP contribution in [0.1, 0.15) is 23.8 Å². The lowest BCUT2D eigenvalue weighted by Crippen LogP contribution is -2.16. The average Bonchev–Trinajstić information content (AvgIpc) is 2.48. The lowest BCUT2D eigenvalue weighted by atomic mass is 10.3. The minimum Gasteiger partial charge on any atom is -0.422 e. The Morgan fingerprint density at radius 1 is 1.27 bits per heavy atom. The summed E-state index contributed by atoms with van der Waals surface area (Å²) < 4.78 is 29.0. The van der Waals surface area contributed by atoms with Gasteiger partial charge in [0.05, 0.1) is 17.0 Å². The Morgan fingerprint density at radius 2 is 1.95 bits per heavy atom.